The lowest BCUT2D eigenvalue weighted by atomic mass is 9.94. The van der Waals surface area contributed by atoms with E-state index in [1.807, 2.05) is 13.8 Å². The van der Waals surface area contributed by atoms with Crippen LogP contribution in [0.15, 0.2) is 0 Å². The molecule has 0 bridgehead atoms. The zero-order valence-corrected chi connectivity index (χ0v) is 11.1. The maximum Gasteiger partial charge on any atom is 0.125 e. The van der Waals surface area contributed by atoms with Gasteiger partial charge in [-0.3, -0.25) is 0 Å². The first kappa shape index (κ1) is 12.7. The molecule has 15 heavy (non-hydrogen) atoms. The zero-order valence-electron chi connectivity index (χ0n) is 9.58. The Morgan fingerprint density at radius 3 is 1.53 bits per heavy atom. The first-order chi connectivity index (χ1) is 7.08. The van der Waals surface area contributed by atoms with Gasteiger partial charge in [0.15, 0.2) is 0 Å². The Hall–Kier alpha value is -0.400. The average molecular weight is 247 g/mol. The molecule has 0 atom stereocenters. The normalized spacial score (nSPS) is 10.5. The molecular formula is C12H16Cl2O. The van der Waals surface area contributed by atoms with Crippen LogP contribution in [0.3, 0.4) is 0 Å². The van der Waals surface area contributed by atoms with Gasteiger partial charge in [0, 0.05) is 11.8 Å². The highest BCUT2D eigenvalue weighted by Crippen LogP contribution is 2.34. The van der Waals surface area contributed by atoms with Crippen LogP contribution in [-0.2, 0) is 11.8 Å². The highest BCUT2D eigenvalue weighted by atomic mass is 35.5. The van der Waals surface area contributed by atoms with Crippen molar-refractivity contribution in [1.82, 2.24) is 0 Å². The van der Waals surface area contributed by atoms with Crippen molar-refractivity contribution in [1.29, 1.82) is 0 Å². The molecule has 3 heteroatoms. The fourth-order valence-electron chi connectivity index (χ4n) is 2.01. The molecule has 0 aliphatic heterocycles. The van der Waals surface area contributed by atoms with E-state index in [-0.39, 0.29) is 0 Å². The highest BCUT2D eigenvalue weighted by molar-refractivity contribution is 6.18. The maximum atomic E-state index is 5.95. The van der Waals surface area contributed by atoms with Crippen LogP contribution in [0, 0.1) is 20.8 Å². The van der Waals surface area contributed by atoms with Crippen LogP contribution in [0.1, 0.15) is 27.8 Å². The molecule has 0 saturated heterocycles. The molecule has 0 amide bonds. The summed E-state index contributed by atoms with van der Waals surface area (Å²) >= 11 is 11.9. The molecule has 0 radical (unpaired) electrons. The van der Waals surface area contributed by atoms with Crippen LogP contribution >= 0.6 is 23.2 Å². The predicted molar refractivity (Wildman–Crippen MR) is 66.3 cm³/mol. The molecule has 0 heterocycles. The van der Waals surface area contributed by atoms with E-state index in [1.165, 1.54) is 5.56 Å². The lowest BCUT2D eigenvalue weighted by Gasteiger charge is -2.19. The van der Waals surface area contributed by atoms with E-state index in [2.05, 4.69) is 6.92 Å². The van der Waals surface area contributed by atoms with Gasteiger partial charge in [-0.25, -0.2) is 0 Å². The molecule has 0 fully saturated rings. The summed E-state index contributed by atoms with van der Waals surface area (Å²) in [4.78, 5) is 0. The summed E-state index contributed by atoms with van der Waals surface area (Å²) in [7, 11) is 1.68. The van der Waals surface area contributed by atoms with Gasteiger partial charge in [0.05, 0.1) is 7.11 Å². The number of hydrogen-bond acceptors (Lipinski definition) is 1. The number of methoxy groups -OCH3 is 1. The van der Waals surface area contributed by atoms with E-state index in [0.29, 0.717) is 11.8 Å². The van der Waals surface area contributed by atoms with Crippen molar-refractivity contribution in [3.63, 3.8) is 0 Å². The van der Waals surface area contributed by atoms with Gasteiger partial charge in [0.25, 0.3) is 0 Å². The van der Waals surface area contributed by atoms with Gasteiger partial charge < -0.3 is 4.74 Å². The van der Waals surface area contributed by atoms with Crippen molar-refractivity contribution >= 4 is 23.2 Å². The summed E-state index contributed by atoms with van der Waals surface area (Å²) in [6.07, 6.45) is 0. The minimum absolute atomic E-state index is 0.498. The third kappa shape index (κ3) is 2.09. The summed E-state index contributed by atoms with van der Waals surface area (Å²) in [5.74, 6) is 1.91. The number of halogens is 2. The molecular weight excluding hydrogens is 231 g/mol. The standard InChI is InChI=1S/C12H16Cl2O/c1-7-10(5-13)8(2)12(15-4)9(3)11(7)6-14/h5-6H2,1-4H3. The van der Waals surface area contributed by atoms with Crippen LogP contribution in [0.5, 0.6) is 5.75 Å². The van der Waals surface area contributed by atoms with Crippen LogP contribution < -0.4 is 4.74 Å². The van der Waals surface area contributed by atoms with Gasteiger partial charge in [-0.15, -0.1) is 23.2 Å². The quantitative estimate of drug-likeness (QED) is 0.730. The van der Waals surface area contributed by atoms with Crippen molar-refractivity contribution in [2.45, 2.75) is 32.5 Å². The first-order valence-corrected chi connectivity index (χ1v) is 5.92. The smallest absolute Gasteiger partial charge is 0.125 e. The Labute approximate surface area is 101 Å². The molecule has 0 spiro atoms. The largest absolute Gasteiger partial charge is 0.496 e. The van der Waals surface area contributed by atoms with E-state index >= 15 is 0 Å². The van der Waals surface area contributed by atoms with Crippen LogP contribution in [-0.4, -0.2) is 7.11 Å². The third-order valence-corrected chi connectivity index (χ3v) is 3.50. The molecule has 84 valence electrons. The van der Waals surface area contributed by atoms with Gasteiger partial charge in [-0.1, -0.05) is 0 Å². The number of rotatable bonds is 3. The fraction of sp³-hybridized carbons (Fsp3) is 0.500. The topological polar surface area (TPSA) is 9.23 Å². The average Bonchev–Trinajstić information content (AvgIpc) is 2.19. The second-order valence-electron chi connectivity index (χ2n) is 3.63. The lowest BCUT2D eigenvalue weighted by Crippen LogP contribution is -2.03. The Morgan fingerprint density at radius 2 is 1.27 bits per heavy atom. The van der Waals surface area contributed by atoms with Crippen molar-refractivity contribution < 1.29 is 4.74 Å². The summed E-state index contributed by atoms with van der Waals surface area (Å²) in [6, 6.07) is 0. The molecule has 0 aromatic heterocycles. The zero-order chi connectivity index (χ0) is 11.6. The lowest BCUT2D eigenvalue weighted by molar-refractivity contribution is 0.407. The Balaban J connectivity index is 3.57. The number of alkyl halides is 2. The summed E-state index contributed by atoms with van der Waals surface area (Å²) in [5.41, 5.74) is 5.70. The Morgan fingerprint density at radius 1 is 0.867 bits per heavy atom. The van der Waals surface area contributed by atoms with Crippen molar-refractivity contribution in [3.05, 3.63) is 27.8 Å². The van der Waals surface area contributed by atoms with Gasteiger partial charge in [-0.05, 0) is 48.6 Å². The van der Waals surface area contributed by atoms with Gasteiger partial charge >= 0.3 is 0 Å². The van der Waals surface area contributed by atoms with Gasteiger partial charge in [0.2, 0.25) is 0 Å². The molecule has 1 rings (SSSR count). The molecule has 0 aliphatic rings. The summed E-state index contributed by atoms with van der Waals surface area (Å²) in [6.45, 7) is 6.14. The van der Waals surface area contributed by atoms with Gasteiger partial charge in [0.1, 0.15) is 5.75 Å². The first-order valence-electron chi connectivity index (χ1n) is 4.85. The van der Waals surface area contributed by atoms with E-state index in [9.17, 15) is 0 Å². The van der Waals surface area contributed by atoms with E-state index < -0.39 is 0 Å². The SMILES string of the molecule is COc1c(C)c(CCl)c(C)c(CCl)c1C. The van der Waals surface area contributed by atoms with Crippen LogP contribution in [0.4, 0.5) is 0 Å². The van der Waals surface area contributed by atoms with E-state index in [1.54, 1.807) is 7.11 Å². The molecule has 1 aromatic rings. The molecule has 0 saturated carbocycles. The van der Waals surface area contributed by atoms with Crippen molar-refractivity contribution in [2.75, 3.05) is 7.11 Å². The van der Waals surface area contributed by atoms with Crippen LogP contribution in [0.2, 0.25) is 0 Å². The molecule has 0 aliphatic carbocycles. The summed E-state index contributed by atoms with van der Waals surface area (Å²) in [5, 5.41) is 0. The number of hydrogen-bond donors (Lipinski definition) is 0. The fourth-order valence-corrected chi connectivity index (χ4v) is 2.81. The second-order valence-corrected chi connectivity index (χ2v) is 4.17. The molecule has 1 nitrogen and oxygen atoms in total. The number of ether oxygens (including phenoxy) is 1. The number of benzene rings is 1. The highest BCUT2D eigenvalue weighted by Gasteiger charge is 2.16. The van der Waals surface area contributed by atoms with E-state index in [0.717, 1.165) is 28.0 Å². The molecule has 1 aromatic carbocycles. The summed E-state index contributed by atoms with van der Waals surface area (Å²) < 4.78 is 5.40. The second kappa shape index (κ2) is 5.09. The van der Waals surface area contributed by atoms with E-state index in [4.69, 9.17) is 27.9 Å². The van der Waals surface area contributed by atoms with Crippen molar-refractivity contribution in [2.24, 2.45) is 0 Å². The Bertz CT molecular complexity index is 294. The maximum absolute atomic E-state index is 5.95. The monoisotopic (exact) mass is 246 g/mol. The molecule has 0 N–H and O–H groups in total. The minimum atomic E-state index is 0.498. The van der Waals surface area contributed by atoms with Crippen LogP contribution in [0.25, 0.3) is 0 Å². The van der Waals surface area contributed by atoms with Gasteiger partial charge in [-0.2, -0.15) is 0 Å². The Kier molecular flexibility index (Phi) is 4.30. The minimum Gasteiger partial charge on any atom is -0.496 e. The molecule has 0 unspecified atom stereocenters. The third-order valence-electron chi connectivity index (χ3n) is 2.96. The van der Waals surface area contributed by atoms with Crippen molar-refractivity contribution in [3.8, 4) is 5.75 Å². The predicted octanol–water partition coefficient (Wildman–Crippen LogP) is 4.10.